The molecule has 1 aromatic rings. The number of carbonyl (C=O) groups is 1. The van der Waals surface area contributed by atoms with Crippen molar-refractivity contribution in [3.8, 4) is 5.75 Å². The molecule has 0 unspecified atom stereocenters. The van der Waals surface area contributed by atoms with Gasteiger partial charge in [-0.1, -0.05) is 6.07 Å². The van der Waals surface area contributed by atoms with Crippen molar-refractivity contribution < 1.29 is 20.0 Å². The van der Waals surface area contributed by atoms with E-state index in [1.165, 1.54) is 24.3 Å². The smallest absolute Gasteiger partial charge is 0.372 e. The lowest BCUT2D eigenvalue weighted by molar-refractivity contribution is -0.182. The van der Waals surface area contributed by atoms with Gasteiger partial charge in [0, 0.05) is 0 Å². The Hall–Kier alpha value is -1.55. The summed E-state index contributed by atoms with van der Waals surface area (Å²) in [6.07, 6.45) is 0. The normalized spacial score (nSPS) is 9.18. The van der Waals surface area contributed by atoms with Crippen LogP contribution in [-0.4, -0.2) is 16.3 Å². The standard InChI is InChI=1S/C7H6O4/c8-6-3-1-2-5(4-6)7(9)11-10/h1-4,8,10H. The number of hydrogen-bond acceptors (Lipinski definition) is 4. The summed E-state index contributed by atoms with van der Waals surface area (Å²) < 4.78 is 0. The summed E-state index contributed by atoms with van der Waals surface area (Å²) in [6.45, 7) is 0. The van der Waals surface area contributed by atoms with Gasteiger partial charge in [-0.2, -0.15) is 5.26 Å². The zero-order valence-corrected chi connectivity index (χ0v) is 5.52. The van der Waals surface area contributed by atoms with Crippen LogP contribution in [0.4, 0.5) is 0 Å². The third-order valence-electron chi connectivity index (χ3n) is 1.16. The van der Waals surface area contributed by atoms with Crippen molar-refractivity contribution in [1.29, 1.82) is 0 Å². The third-order valence-corrected chi connectivity index (χ3v) is 1.16. The minimum atomic E-state index is -0.888. The molecule has 0 saturated heterocycles. The number of carbonyl (C=O) groups excluding carboxylic acids is 1. The van der Waals surface area contributed by atoms with Crippen LogP contribution < -0.4 is 0 Å². The van der Waals surface area contributed by atoms with Gasteiger partial charge in [-0.05, 0) is 18.2 Å². The summed E-state index contributed by atoms with van der Waals surface area (Å²) in [5, 5.41) is 16.8. The number of aromatic hydroxyl groups is 1. The van der Waals surface area contributed by atoms with Crippen molar-refractivity contribution in [2.24, 2.45) is 0 Å². The Balaban J connectivity index is 2.96. The highest BCUT2D eigenvalue weighted by Crippen LogP contribution is 2.10. The zero-order chi connectivity index (χ0) is 8.27. The van der Waals surface area contributed by atoms with Crippen LogP contribution in [-0.2, 0) is 4.89 Å². The fraction of sp³-hybridized carbons (Fsp3) is 0. The van der Waals surface area contributed by atoms with Gasteiger partial charge in [0.25, 0.3) is 0 Å². The van der Waals surface area contributed by atoms with E-state index in [-0.39, 0.29) is 11.3 Å². The van der Waals surface area contributed by atoms with Gasteiger partial charge in [0.15, 0.2) is 0 Å². The number of rotatable bonds is 1. The van der Waals surface area contributed by atoms with Crippen LogP contribution in [0.1, 0.15) is 10.4 Å². The average Bonchev–Trinajstić information content (AvgIpc) is 2.03. The Morgan fingerprint density at radius 1 is 1.45 bits per heavy atom. The van der Waals surface area contributed by atoms with Gasteiger partial charge in [-0.3, -0.25) is 4.89 Å². The highest BCUT2D eigenvalue weighted by Gasteiger charge is 2.05. The van der Waals surface area contributed by atoms with Crippen LogP contribution in [0.25, 0.3) is 0 Å². The molecule has 4 heteroatoms. The van der Waals surface area contributed by atoms with E-state index in [1.54, 1.807) is 0 Å². The lowest BCUT2D eigenvalue weighted by Crippen LogP contribution is -2.00. The van der Waals surface area contributed by atoms with Crippen molar-refractivity contribution in [3.63, 3.8) is 0 Å². The molecular weight excluding hydrogens is 148 g/mol. The van der Waals surface area contributed by atoms with Gasteiger partial charge in [-0.15, -0.1) is 0 Å². The molecule has 0 aromatic heterocycles. The molecule has 0 fully saturated rings. The van der Waals surface area contributed by atoms with Crippen LogP contribution in [0.5, 0.6) is 5.75 Å². The Labute approximate surface area is 62.6 Å². The molecule has 0 aliphatic carbocycles. The summed E-state index contributed by atoms with van der Waals surface area (Å²) in [7, 11) is 0. The van der Waals surface area contributed by atoms with Crippen LogP contribution in [0, 0.1) is 0 Å². The predicted molar refractivity (Wildman–Crippen MR) is 36.2 cm³/mol. The SMILES string of the molecule is O=C(OO)c1cccc(O)c1. The van der Waals surface area contributed by atoms with E-state index in [1.807, 2.05) is 0 Å². The van der Waals surface area contributed by atoms with Gasteiger partial charge < -0.3 is 5.11 Å². The Morgan fingerprint density at radius 2 is 2.18 bits per heavy atom. The van der Waals surface area contributed by atoms with Crippen molar-refractivity contribution in [1.82, 2.24) is 0 Å². The molecule has 1 aromatic carbocycles. The lowest BCUT2D eigenvalue weighted by atomic mass is 10.2. The molecule has 2 N–H and O–H groups in total. The first kappa shape index (κ1) is 7.56. The van der Waals surface area contributed by atoms with E-state index in [0.717, 1.165) is 0 Å². The number of benzene rings is 1. The first-order valence-corrected chi connectivity index (χ1v) is 2.89. The van der Waals surface area contributed by atoms with Crippen molar-refractivity contribution >= 4 is 5.97 Å². The van der Waals surface area contributed by atoms with Crippen LogP contribution in [0.15, 0.2) is 24.3 Å². The maximum atomic E-state index is 10.6. The topological polar surface area (TPSA) is 66.8 Å². The average molecular weight is 154 g/mol. The van der Waals surface area contributed by atoms with E-state index in [0.29, 0.717) is 0 Å². The van der Waals surface area contributed by atoms with Gasteiger partial charge in [0.05, 0.1) is 5.56 Å². The van der Waals surface area contributed by atoms with Crippen LogP contribution in [0.3, 0.4) is 0 Å². The second kappa shape index (κ2) is 3.03. The quantitative estimate of drug-likeness (QED) is 0.468. The zero-order valence-electron chi connectivity index (χ0n) is 5.52. The third kappa shape index (κ3) is 1.68. The molecule has 0 saturated carbocycles. The molecule has 0 aliphatic heterocycles. The van der Waals surface area contributed by atoms with Crippen LogP contribution >= 0.6 is 0 Å². The van der Waals surface area contributed by atoms with Gasteiger partial charge in [0.2, 0.25) is 0 Å². The van der Waals surface area contributed by atoms with Crippen LogP contribution in [0.2, 0.25) is 0 Å². The van der Waals surface area contributed by atoms with E-state index < -0.39 is 5.97 Å². The number of phenols is 1. The maximum absolute atomic E-state index is 10.6. The molecule has 4 nitrogen and oxygen atoms in total. The second-order valence-electron chi connectivity index (χ2n) is 1.93. The highest BCUT2D eigenvalue weighted by atomic mass is 17.1. The van der Waals surface area contributed by atoms with E-state index in [9.17, 15) is 4.79 Å². The minimum Gasteiger partial charge on any atom is -0.508 e. The van der Waals surface area contributed by atoms with Crippen molar-refractivity contribution in [2.75, 3.05) is 0 Å². The Kier molecular flexibility index (Phi) is 2.08. The van der Waals surface area contributed by atoms with E-state index >= 15 is 0 Å². The molecular formula is C7H6O4. The molecule has 0 atom stereocenters. The summed E-state index contributed by atoms with van der Waals surface area (Å²) in [5.41, 5.74) is 0.104. The summed E-state index contributed by atoms with van der Waals surface area (Å²) in [5.74, 6) is -0.936. The largest absolute Gasteiger partial charge is 0.508 e. The van der Waals surface area contributed by atoms with Crippen molar-refractivity contribution in [3.05, 3.63) is 29.8 Å². The molecule has 0 heterocycles. The van der Waals surface area contributed by atoms with E-state index in [2.05, 4.69) is 4.89 Å². The fourth-order valence-corrected chi connectivity index (χ4v) is 0.686. The second-order valence-corrected chi connectivity index (χ2v) is 1.93. The molecule has 58 valence electrons. The molecule has 11 heavy (non-hydrogen) atoms. The number of phenolic OH excluding ortho intramolecular Hbond substituents is 1. The highest BCUT2D eigenvalue weighted by molar-refractivity contribution is 5.89. The van der Waals surface area contributed by atoms with Gasteiger partial charge >= 0.3 is 5.97 Å². The first-order chi connectivity index (χ1) is 5.24. The monoisotopic (exact) mass is 154 g/mol. The molecule has 0 bridgehead atoms. The first-order valence-electron chi connectivity index (χ1n) is 2.89. The maximum Gasteiger partial charge on any atom is 0.372 e. The lowest BCUT2D eigenvalue weighted by Gasteiger charge is -1.95. The minimum absolute atomic E-state index is 0.0482. The van der Waals surface area contributed by atoms with Gasteiger partial charge in [-0.25, -0.2) is 4.79 Å². The fourth-order valence-electron chi connectivity index (χ4n) is 0.686. The summed E-state index contributed by atoms with van der Waals surface area (Å²) in [6, 6.07) is 5.49. The Bertz CT molecular complexity index is 269. The van der Waals surface area contributed by atoms with Crippen molar-refractivity contribution in [2.45, 2.75) is 0 Å². The summed E-state index contributed by atoms with van der Waals surface area (Å²) >= 11 is 0. The molecule has 0 spiro atoms. The molecule has 1 rings (SSSR count). The Morgan fingerprint density at radius 3 is 2.73 bits per heavy atom. The molecule has 0 amide bonds. The molecule has 0 radical (unpaired) electrons. The summed E-state index contributed by atoms with van der Waals surface area (Å²) in [4.78, 5) is 14.0. The molecule has 0 aliphatic rings. The number of hydrogen-bond donors (Lipinski definition) is 2. The van der Waals surface area contributed by atoms with E-state index in [4.69, 9.17) is 10.4 Å². The van der Waals surface area contributed by atoms with Gasteiger partial charge in [0.1, 0.15) is 5.75 Å². The predicted octanol–water partition coefficient (Wildman–Crippen LogP) is 1.02.